The number of fused-ring (bicyclic) bond motifs is 1. The Morgan fingerprint density at radius 3 is 1.83 bits per heavy atom. The van der Waals surface area contributed by atoms with Crippen LogP contribution in [0.4, 0.5) is 21.0 Å². The second-order valence-corrected chi connectivity index (χ2v) is 14.8. The molecule has 5 rings (SSSR count). The highest BCUT2D eigenvalue weighted by atomic mass is 16.6. The molecule has 0 unspecified atom stereocenters. The van der Waals surface area contributed by atoms with E-state index in [1.54, 1.807) is 0 Å². The number of hydrogen-bond donors (Lipinski definition) is 2. The van der Waals surface area contributed by atoms with Crippen LogP contribution in [-0.2, 0) is 38.6 Å². The van der Waals surface area contributed by atoms with Crippen molar-refractivity contribution in [2.75, 3.05) is 30.3 Å². The van der Waals surface area contributed by atoms with Gasteiger partial charge in [-0.2, -0.15) is 0 Å². The van der Waals surface area contributed by atoms with Gasteiger partial charge in [0.25, 0.3) is 0 Å². The second-order valence-electron chi connectivity index (χ2n) is 14.8. The molecule has 4 amide bonds. The molecule has 254 valence electrons. The lowest BCUT2D eigenvalue weighted by atomic mass is 9.98. The molecule has 3 heterocycles. The van der Waals surface area contributed by atoms with Crippen LogP contribution in [0.25, 0.3) is 0 Å². The number of nitrogens with one attached hydrogen (secondary N) is 2. The molecule has 0 bridgehead atoms. The number of ether oxygens (including phenoxy) is 2. The van der Waals surface area contributed by atoms with Gasteiger partial charge in [-0.3, -0.25) is 24.3 Å². The van der Waals surface area contributed by atoms with Crippen LogP contribution >= 0.6 is 0 Å². The monoisotopic (exact) mass is 647 g/mol. The number of carbonyl (C=O) groups excluding carboxylic acids is 4. The van der Waals surface area contributed by atoms with E-state index in [1.807, 2.05) is 77.9 Å². The molecule has 2 fully saturated rings. The topological polar surface area (TPSA) is 121 Å². The summed E-state index contributed by atoms with van der Waals surface area (Å²) in [5.41, 5.74) is 3.62. The summed E-state index contributed by atoms with van der Waals surface area (Å²) < 4.78 is 11.0. The number of benzene rings is 2. The third kappa shape index (κ3) is 9.03. The molecule has 0 spiro atoms. The van der Waals surface area contributed by atoms with Gasteiger partial charge >= 0.3 is 12.2 Å². The standard InChI is InChI=1S/C36H49N5O6/c1-35(2,3)46-33(44)40-17-8-12-29(40)31(42)37-27-11-7-10-24(20-27)22-39-19-16-25-14-15-28(21-26(25)23-39)38-32(43)30-13-9-18-41(30)34(45)47-36(4,5)6/h7,10-11,14-15,20-21,29-30H,8-9,12-13,16-19,22-23H2,1-6H3,(H,37,42)(H,38,43)/t29-,30-/m0/s1. The molecule has 47 heavy (non-hydrogen) atoms. The van der Waals surface area contributed by atoms with Crippen molar-refractivity contribution in [1.82, 2.24) is 14.7 Å². The number of hydrogen-bond acceptors (Lipinski definition) is 7. The Kier molecular flexibility index (Phi) is 10.1. The van der Waals surface area contributed by atoms with E-state index in [0.29, 0.717) is 43.9 Å². The Labute approximate surface area is 277 Å². The minimum atomic E-state index is -0.625. The molecule has 0 aliphatic carbocycles. The van der Waals surface area contributed by atoms with Gasteiger partial charge in [-0.15, -0.1) is 0 Å². The van der Waals surface area contributed by atoms with Crippen molar-refractivity contribution in [2.45, 2.75) is 110 Å². The zero-order chi connectivity index (χ0) is 33.9. The third-order valence-electron chi connectivity index (χ3n) is 8.53. The average molecular weight is 648 g/mol. The summed E-state index contributed by atoms with van der Waals surface area (Å²) in [6.07, 6.45) is 2.68. The van der Waals surface area contributed by atoms with Crippen molar-refractivity contribution >= 4 is 35.4 Å². The van der Waals surface area contributed by atoms with Crippen molar-refractivity contribution in [3.63, 3.8) is 0 Å². The third-order valence-corrected chi connectivity index (χ3v) is 8.53. The molecule has 3 aliphatic heterocycles. The van der Waals surface area contributed by atoms with Crippen LogP contribution in [0.15, 0.2) is 42.5 Å². The van der Waals surface area contributed by atoms with Crippen molar-refractivity contribution < 1.29 is 28.7 Å². The quantitative estimate of drug-likeness (QED) is 0.399. The van der Waals surface area contributed by atoms with Gasteiger partial charge in [0.2, 0.25) is 11.8 Å². The number of nitrogens with zero attached hydrogens (tertiary/aromatic N) is 3. The lowest BCUT2D eigenvalue weighted by Crippen LogP contribution is -2.45. The van der Waals surface area contributed by atoms with Gasteiger partial charge in [0.15, 0.2) is 0 Å². The van der Waals surface area contributed by atoms with E-state index < -0.39 is 35.5 Å². The summed E-state index contributed by atoms with van der Waals surface area (Å²) in [5.74, 6) is -0.412. The van der Waals surface area contributed by atoms with Crippen LogP contribution in [-0.4, -0.2) is 81.6 Å². The van der Waals surface area contributed by atoms with Gasteiger partial charge in [-0.05, 0) is 115 Å². The summed E-state index contributed by atoms with van der Waals surface area (Å²) in [5, 5.41) is 6.05. The van der Waals surface area contributed by atoms with Crippen molar-refractivity contribution in [3.05, 3.63) is 59.2 Å². The summed E-state index contributed by atoms with van der Waals surface area (Å²) >= 11 is 0. The molecule has 3 aliphatic rings. The minimum Gasteiger partial charge on any atom is -0.444 e. The van der Waals surface area contributed by atoms with Crippen LogP contribution in [0.2, 0.25) is 0 Å². The number of rotatable bonds is 6. The Morgan fingerprint density at radius 2 is 1.28 bits per heavy atom. The Bertz CT molecular complexity index is 1500. The van der Waals surface area contributed by atoms with E-state index in [1.165, 1.54) is 15.4 Å². The van der Waals surface area contributed by atoms with Gasteiger partial charge in [0, 0.05) is 44.1 Å². The molecule has 2 aromatic carbocycles. The van der Waals surface area contributed by atoms with Crippen LogP contribution in [0, 0.1) is 0 Å². The molecule has 2 saturated heterocycles. The largest absolute Gasteiger partial charge is 0.444 e. The van der Waals surface area contributed by atoms with Crippen LogP contribution < -0.4 is 10.6 Å². The van der Waals surface area contributed by atoms with E-state index in [9.17, 15) is 19.2 Å². The maximum atomic E-state index is 13.2. The van der Waals surface area contributed by atoms with Crippen LogP contribution in [0.5, 0.6) is 0 Å². The average Bonchev–Trinajstić information content (AvgIpc) is 3.66. The first kappa shape index (κ1) is 34.2. The van der Waals surface area contributed by atoms with Gasteiger partial charge in [0.05, 0.1) is 0 Å². The van der Waals surface area contributed by atoms with Gasteiger partial charge in [0.1, 0.15) is 23.3 Å². The van der Waals surface area contributed by atoms with E-state index in [0.717, 1.165) is 43.5 Å². The summed E-state index contributed by atoms with van der Waals surface area (Å²) in [6, 6.07) is 12.7. The van der Waals surface area contributed by atoms with E-state index in [4.69, 9.17) is 9.47 Å². The highest BCUT2D eigenvalue weighted by Gasteiger charge is 2.38. The second kappa shape index (κ2) is 13.9. The first-order valence-electron chi connectivity index (χ1n) is 16.7. The summed E-state index contributed by atoms with van der Waals surface area (Å²) in [6.45, 7) is 14.2. The maximum absolute atomic E-state index is 13.2. The van der Waals surface area contributed by atoms with Crippen LogP contribution in [0.1, 0.15) is 83.9 Å². The van der Waals surface area contributed by atoms with Crippen molar-refractivity contribution in [3.8, 4) is 0 Å². The van der Waals surface area contributed by atoms with Gasteiger partial charge < -0.3 is 20.1 Å². The minimum absolute atomic E-state index is 0.202. The first-order chi connectivity index (χ1) is 22.1. The van der Waals surface area contributed by atoms with E-state index >= 15 is 0 Å². The summed E-state index contributed by atoms with van der Waals surface area (Å²) in [7, 11) is 0. The lowest BCUT2D eigenvalue weighted by molar-refractivity contribution is -0.121. The molecule has 0 aromatic heterocycles. The summed E-state index contributed by atoms with van der Waals surface area (Å²) in [4.78, 5) is 57.2. The van der Waals surface area contributed by atoms with E-state index in [-0.39, 0.29) is 11.8 Å². The highest BCUT2D eigenvalue weighted by Crippen LogP contribution is 2.27. The number of carbonyl (C=O) groups is 4. The first-order valence-corrected chi connectivity index (χ1v) is 16.7. The molecular formula is C36H49N5O6. The molecule has 2 aromatic rings. The highest BCUT2D eigenvalue weighted by molar-refractivity contribution is 5.97. The molecule has 11 heteroatoms. The maximum Gasteiger partial charge on any atom is 0.410 e. The SMILES string of the molecule is CC(C)(C)OC(=O)N1CCC[C@H]1C(=O)Nc1cccc(CN2CCc3ccc(NC(=O)[C@@H]4CCCN4C(=O)OC(C)(C)C)cc3C2)c1. The molecule has 2 atom stereocenters. The number of anilines is 2. The fourth-order valence-electron chi connectivity index (χ4n) is 6.44. The lowest BCUT2D eigenvalue weighted by Gasteiger charge is -2.30. The van der Waals surface area contributed by atoms with Crippen molar-refractivity contribution in [1.29, 1.82) is 0 Å². The zero-order valence-electron chi connectivity index (χ0n) is 28.6. The van der Waals surface area contributed by atoms with Gasteiger partial charge in [-0.1, -0.05) is 18.2 Å². The Balaban J connectivity index is 1.18. The Morgan fingerprint density at radius 1 is 0.723 bits per heavy atom. The number of amides is 4. The normalized spacial score (nSPS) is 20.0. The van der Waals surface area contributed by atoms with E-state index in [2.05, 4.69) is 21.6 Å². The molecular weight excluding hydrogens is 598 g/mol. The zero-order valence-corrected chi connectivity index (χ0v) is 28.6. The predicted octanol–water partition coefficient (Wildman–Crippen LogP) is 5.92. The fourth-order valence-corrected chi connectivity index (χ4v) is 6.44. The molecule has 0 radical (unpaired) electrons. The fraction of sp³-hybridized carbons (Fsp3) is 0.556. The number of likely N-dealkylation sites (tertiary alicyclic amines) is 2. The van der Waals surface area contributed by atoms with Gasteiger partial charge in [-0.25, -0.2) is 9.59 Å². The molecule has 11 nitrogen and oxygen atoms in total. The van der Waals surface area contributed by atoms with Crippen LogP contribution in [0.3, 0.4) is 0 Å². The predicted molar refractivity (Wildman–Crippen MR) is 180 cm³/mol. The molecule has 0 saturated carbocycles. The Hall–Kier alpha value is -4.12. The van der Waals surface area contributed by atoms with Crippen molar-refractivity contribution in [2.24, 2.45) is 0 Å². The molecule has 2 N–H and O–H groups in total. The smallest absolute Gasteiger partial charge is 0.410 e.